The van der Waals surface area contributed by atoms with E-state index in [-0.39, 0.29) is 0 Å². The molecule has 18 heavy (non-hydrogen) atoms. The Bertz CT molecular complexity index is 514. The fourth-order valence-corrected chi connectivity index (χ4v) is 4.04. The maximum absolute atomic E-state index is 5.70. The molecule has 0 saturated carbocycles. The van der Waals surface area contributed by atoms with Crippen LogP contribution < -0.4 is 11.1 Å². The summed E-state index contributed by atoms with van der Waals surface area (Å²) < 4.78 is 2.00. The molecule has 1 fully saturated rings. The van der Waals surface area contributed by atoms with Gasteiger partial charge in [0.2, 0.25) is 0 Å². The second-order valence-corrected chi connectivity index (χ2v) is 6.25. The zero-order valence-corrected chi connectivity index (χ0v) is 11.8. The van der Waals surface area contributed by atoms with Gasteiger partial charge in [-0.2, -0.15) is 5.10 Å². The Balaban J connectivity index is 1.85. The van der Waals surface area contributed by atoms with Crippen molar-refractivity contribution in [3.8, 4) is 0 Å². The Kier molecular flexibility index (Phi) is 3.13. The molecule has 3 heterocycles. The molecule has 3 rings (SSSR count). The number of nitrogens with zero attached hydrogens (tertiary/aromatic N) is 2. The van der Waals surface area contributed by atoms with Crippen LogP contribution in [0.3, 0.4) is 0 Å². The molecule has 98 valence electrons. The van der Waals surface area contributed by atoms with E-state index in [0.29, 0.717) is 12.0 Å². The Labute approximate surface area is 111 Å². The summed E-state index contributed by atoms with van der Waals surface area (Å²) in [4.78, 5) is 2.78. The third-order valence-corrected chi connectivity index (χ3v) is 5.28. The van der Waals surface area contributed by atoms with E-state index in [4.69, 9.17) is 5.73 Å². The third kappa shape index (κ3) is 1.96. The van der Waals surface area contributed by atoms with Gasteiger partial charge in [0.1, 0.15) is 4.83 Å². The van der Waals surface area contributed by atoms with Crippen LogP contribution in [-0.2, 0) is 7.05 Å². The molecular formula is C13H20N4S. The Morgan fingerprint density at radius 1 is 1.56 bits per heavy atom. The first-order valence-corrected chi connectivity index (χ1v) is 7.37. The number of aryl methyl sites for hydroxylation is 2. The number of hydrogen-bond acceptors (Lipinski definition) is 4. The second-order valence-electron chi connectivity index (χ2n) is 5.19. The van der Waals surface area contributed by atoms with Crippen LogP contribution >= 0.6 is 11.3 Å². The van der Waals surface area contributed by atoms with Crippen molar-refractivity contribution in [2.45, 2.75) is 31.7 Å². The molecule has 0 aliphatic carbocycles. The summed E-state index contributed by atoms with van der Waals surface area (Å²) in [6, 6.07) is 2.84. The summed E-state index contributed by atoms with van der Waals surface area (Å²) in [6.45, 7) is 3.89. The number of nitrogens with two attached hydrogens (primary N) is 1. The van der Waals surface area contributed by atoms with Crippen molar-refractivity contribution in [1.82, 2.24) is 15.1 Å². The monoisotopic (exact) mass is 264 g/mol. The number of nitrogens with one attached hydrogen (secondary N) is 1. The quantitative estimate of drug-likeness (QED) is 0.868. The molecule has 2 unspecified atom stereocenters. The molecule has 0 radical (unpaired) electrons. The third-order valence-electron chi connectivity index (χ3n) is 3.92. The normalized spacial score (nSPS) is 24.8. The van der Waals surface area contributed by atoms with Crippen LogP contribution in [0.1, 0.15) is 29.3 Å². The zero-order valence-electron chi connectivity index (χ0n) is 10.9. The first-order chi connectivity index (χ1) is 8.69. The predicted molar refractivity (Wildman–Crippen MR) is 76.1 cm³/mol. The van der Waals surface area contributed by atoms with E-state index >= 15 is 0 Å². The fraction of sp³-hybridized carbons (Fsp3) is 0.615. The molecule has 4 nitrogen and oxygen atoms in total. The smallest absolute Gasteiger partial charge is 0.121 e. The molecule has 3 N–H and O–H groups in total. The largest absolute Gasteiger partial charge is 0.329 e. The number of piperidine rings is 1. The average molecular weight is 264 g/mol. The molecule has 0 amide bonds. The summed E-state index contributed by atoms with van der Waals surface area (Å²) in [5.41, 5.74) is 6.84. The Hall–Kier alpha value is -0.910. The maximum Gasteiger partial charge on any atom is 0.121 e. The van der Waals surface area contributed by atoms with Crippen LogP contribution in [0.5, 0.6) is 0 Å². The lowest BCUT2D eigenvalue weighted by atomic mass is 9.93. The highest BCUT2D eigenvalue weighted by atomic mass is 32.1. The van der Waals surface area contributed by atoms with E-state index in [1.165, 1.54) is 27.9 Å². The Morgan fingerprint density at radius 2 is 2.39 bits per heavy atom. The van der Waals surface area contributed by atoms with Gasteiger partial charge in [-0.05, 0) is 25.8 Å². The average Bonchev–Trinajstić information content (AvgIpc) is 2.93. The van der Waals surface area contributed by atoms with Crippen LogP contribution in [-0.4, -0.2) is 28.9 Å². The SMILES string of the molecule is Cc1nn(C)c2sc(C3CCC(CN)NC3)cc12. The van der Waals surface area contributed by atoms with Gasteiger partial charge in [0.15, 0.2) is 0 Å². The summed E-state index contributed by atoms with van der Waals surface area (Å²) in [7, 11) is 2.03. The minimum atomic E-state index is 0.513. The molecule has 1 aliphatic heterocycles. The Morgan fingerprint density at radius 3 is 3.00 bits per heavy atom. The van der Waals surface area contributed by atoms with E-state index in [0.717, 1.165) is 18.8 Å². The number of fused-ring (bicyclic) bond motifs is 1. The van der Waals surface area contributed by atoms with Gasteiger partial charge >= 0.3 is 0 Å². The number of rotatable bonds is 2. The van der Waals surface area contributed by atoms with Gasteiger partial charge in [-0.3, -0.25) is 4.68 Å². The number of aromatic nitrogens is 2. The van der Waals surface area contributed by atoms with E-state index in [1.807, 2.05) is 23.1 Å². The molecule has 2 atom stereocenters. The summed E-state index contributed by atoms with van der Waals surface area (Å²) in [5, 5.41) is 9.32. The van der Waals surface area contributed by atoms with E-state index in [2.05, 4.69) is 23.4 Å². The highest BCUT2D eigenvalue weighted by molar-refractivity contribution is 7.18. The molecule has 0 bridgehead atoms. The van der Waals surface area contributed by atoms with Crippen molar-refractivity contribution in [3.63, 3.8) is 0 Å². The lowest BCUT2D eigenvalue weighted by Crippen LogP contribution is -2.42. The van der Waals surface area contributed by atoms with Gasteiger partial charge in [0.25, 0.3) is 0 Å². The van der Waals surface area contributed by atoms with Crippen LogP contribution in [0.15, 0.2) is 6.07 Å². The number of hydrogen-bond donors (Lipinski definition) is 2. The van der Waals surface area contributed by atoms with E-state index in [9.17, 15) is 0 Å². The van der Waals surface area contributed by atoms with E-state index < -0.39 is 0 Å². The van der Waals surface area contributed by atoms with Crippen molar-refractivity contribution in [1.29, 1.82) is 0 Å². The van der Waals surface area contributed by atoms with Gasteiger partial charge < -0.3 is 11.1 Å². The fourth-order valence-electron chi connectivity index (χ4n) is 2.78. The van der Waals surface area contributed by atoms with Crippen molar-refractivity contribution in [3.05, 3.63) is 16.6 Å². The van der Waals surface area contributed by atoms with Crippen molar-refractivity contribution in [2.75, 3.05) is 13.1 Å². The zero-order chi connectivity index (χ0) is 12.7. The van der Waals surface area contributed by atoms with Gasteiger partial charge in [-0.15, -0.1) is 11.3 Å². The topological polar surface area (TPSA) is 55.9 Å². The van der Waals surface area contributed by atoms with Crippen molar-refractivity contribution in [2.24, 2.45) is 12.8 Å². The van der Waals surface area contributed by atoms with Crippen molar-refractivity contribution < 1.29 is 0 Å². The highest BCUT2D eigenvalue weighted by Crippen LogP contribution is 2.35. The lowest BCUT2D eigenvalue weighted by molar-refractivity contribution is 0.374. The summed E-state index contributed by atoms with van der Waals surface area (Å²) in [5.74, 6) is 0.643. The second kappa shape index (κ2) is 4.64. The van der Waals surface area contributed by atoms with Gasteiger partial charge in [0.05, 0.1) is 5.69 Å². The minimum absolute atomic E-state index is 0.513. The first-order valence-electron chi connectivity index (χ1n) is 6.55. The van der Waals surface area contributed by atoms with Gasteiger partial charge in [-0.25, -0.2) is 0 Å². The predicted octanol–water partition coefficient (Wildman–Crippen LogP) is 1.74. The number of thiophene rings is 1. The van der Waals surface area contributed by atoms with Gasteiger partial charge in [-0.1, -0.05) is 0 Å². The molecule has 1 aliphatic rings. The van der Waals surface area contributed by atoms with E-state index in [1.54, 1.807) is 0 Å². The highest BCUT2D eigenvalue weighted by Gasteiger charge is 2.23. The summed E-state index contributed by atoms with van der Waals surface area (Å²) >= 11 is 1.89. The lowest BCUT2D eigenvalue weighted by Gasteiger charge is -2.28. The van der Waals surface area contributed by atoms with Crippen LogP contribution in [0.4, 0.5) is 0 Å². The maximum atomic E-state index is 5.70. The van der Waals surface area contributed by atoms with Crippen LogP contribution in [0, 0.1) is 6.92 Å². The molecule has 2 aromatic heterocycles. The van der Waals surface area contributed by atoms with Crippen LogP contribution in [0.2, 0.25) is 0 Å². The molecular weight excluding hydrogens is 244 g/mol. The van der Waals surface area contributed by atoms with Gasteiger partial charge in [0, 0.05) is 42.4 Å². The molecule has 1 saturated heterocycles. The molecule has 0 spiro atoms. The first kappa shape index (κ1) is 12.1. The van der Waals surface area contributed by atoms with Crippen LogP contribution in [0.25, 0.3) is 10.2 Å². The van der Waals surface area contributed by atoms with Crippen molar-refractivity contribution >= 4 is 21.6 Å². The standard InChI is InChI=1S/C13H20N4S/c1-8-11-5-12(18-13(11)17(2)16-8)9-3-4-10(6-14)15-7-9/h5,9-10,15H,3-4,6-7,14H2,1-2H3. The summed E-state index contributed by atoms with van der Waals surface area (Å²) in [6.07, 6.45) is 2.43. The molecule has 0 aromatic carbocycles. The minimum Gasteiger partial charge on any atom is -0.329 e. The molecule has 2 aromatic rings. The molecule has 5 heteroatoms.